The first-order valence-corrected chi connectivity index (χ1v) is 6.82. The van der Waals surface area contributed by atoms with Crippen molar-refractivity contribution in [1.82, 2.24) is 4.90 Å². The SMILES string of the molecule is CN(CC(N)C1CCCCC1)CC(C)(C)C. The van der Waals surface area contributed by atoms with Gasteiger partial charge in [-0.1, -0.05) is 40.0 Å². The number of likely N-dealkylation sites (N-methyl/N-ethyl adjacent to an activating group) is 1. The van der Waals surface area contributed by atoms with Gasteiger partial charge in [0, 0.05) is 19.1 Å². The maximum Gasteiger partial charge on any atom is 0.0196 e. The second kappa shape index (κ2) is 6.02. The van der Waals surface area contributed by atoms with Crippen molar-refractivity contribution in [1.29, 1.82) is 0 Å². The summed E-state index contributed by atoms with van der Waals surface area (Å²) in [4.78, 5) is 2.40. The van der Waals surface area contributed by atoms with Crippen LogP contribution in [0, 0.1) is 11.3 Å². The van der Waals surface area contributed by atoms with E-state index in [0.717, 1.165) is 19.0 Å². The van der Waals surface area contributed by atoms with Crippen LogP contribution < -0.4 is 5.73 Å². The number of nitrogens with zero attached hydrogens (tertiary/aromatic N) is 1. The molecule has 0 aromatic rings. The van der Waals surface area contributed by atoms with Gasteiger partial charge in [0.25, 0.3) is 0 Å². The van der Waals surface area contributed by atoms with E-state index in [4.69, 9.17) is 5.73 Å². The summed E-state index contributed by atoms with van der Waals surface area (Å²) in [5.74, 6) is 0.774. The molecule has 0 amide bonds. The predicted molar refractivity (Wildman–Crippen MR) is 71.5 cm³/mol. The molecule has 1 saturated carbocycles. The molecule has 1 rings (SSSR count). The van der Waals surface area contributed by atoms with Gasteiger partial charge in [-0.3, -0.25) is 0 Å². The highest BCUT2D eigenvalue weighted by Crippen LogP contribution is 2.26. The lowest BCUT2D eigenvalue weighted by atomic mass is 9.84. The predicted octanol–water partition coefficient (Wildman–Crippen LogP) is 2.87. The zero-order chi connectivity index (χ0) is 12.2. The summed E-state index contributed by atoms with van der Waals surface area (Å²) < 4.78 is 0. The fraction of sp³-hybridized carbons (Fsp3) is 1.00. The summed E-state index contributed by atoms with van der Waals surface area (Å²) in [5.41, 5.74) is 6.70. The van der Waals surface area contributed by atoms with Crippen molar-refractivity contribution in [3.8, 4) is 0 Å². The van der Waals surface area contributed by atoms with E-state index in [1.54, 1.807) is 0 Å². The average molecular weight is 226 g/mol. The largest absolute Gasteiger partial charge is 0.326 e. The molecule has 0 heterocycles. The number of hydrogen-bond donors (Lipinski definition) is 1. The van der Waals surface area contributed by atoms with Crippen LogP contribution >= 0.6 is 0 Å². The molecule has 1 unspecified atom stereocenters. The monoisotopic (exact) mass is 226 g/mol. The molecule has 0 aliphatic heterocycles. The maximum absolute atomic E-state index is 6.33. The van der Waals surface area contributed by atoms with Gasteiger partial charge in [0.15, 0.2) is 0 Å². The van der Waals surface area contributed by atoms with Crippen LogP contribution in [0.15, 0.2) is 0 Å². The van der Waals surface area contributed by atoms with Gasteiger partial charge in [-0.15, -0.1) is 0 Å². The smallest absolute Gasteiger partial charge is 0.0196 e. The minimum Gasteiger partial charge on any atom is -0.326 e. The lowest BCUT2D eigenvalue weighted by molar-refractivity contribution is 0.186. The molecule has 16 heavy (non-hydrogen) atoms. The molecule has 96 valence electrons. The number of hydrogen-bond acceptors (Lipinski definition) is 2. The van der Waals surface area contributed by atoms with Crippen LogP contribution in [0.2, 0.25) is 0 Å². The lowest BCUT2D eigenvalue weighted by Crippen LogP contribution is -2.43. The first-order valence-electron chi connectivity index (χ1n) is 6.82. The Hall–Kier alpha value is -0.0800. The number of nitrogens with two attached hydrogens (primary N) is 1. The zero-order valence-corrected chi connectivity index (χ0v) is 11.6. The van der Waals surface area contributed by atoms with Gasteiger partial charge in [0.1, 0.15) is 0 Å². The van der Waals surface area contributed by atoms with Crippen molar-refractivity contribution in [2.45, 2.75) is 58.9 Å². The Bertz CT molecular complexity index is 189. The molecule has 0 aromatic carbocycles. The quantitative estimate of drug-likeness (QED) is 0.798. The van der Waals surface area contributed by atoms with Gasteiger partial charge in [0.2, 0.25) is 0 Å². The molecular formula is C14H30N2. The summed E-state index contributed by atoms with van der Waals surface area (Å²) >= 11 is 0. The highest BCUT2D eigenvalue weighted by molar-refractivity contribution is 4.79. The molecule has 2 nitrogen and oxygen atoms in total. The topological polar surface area (TPSA) is 29.3 Å². The molecule has 1 fully saturated rings. The second-order valence-electron chi connectivity index (χ2n) is 6.82. The third-order valence-corrected chi connectivity index (χ3v) is 3.52. The van der Waals surface area contributed by atoms with Crippen molar-refractivity contribution < 1.29 is 0 Å². The van der Waals surface area contributed by atoms with Crippen molar-refractivity contribution in [2.24, 2.45) is 17.1 Å². The van der Waals surface area contributed by atoms with Gasteiger partial charge < -0.3 is 10.6 Å². The molecule has 0 bridgehead atoms. The van der Waals surface area contributed by atoms with Crippen LogP contribution in [-0.4, -0.2) is 31.1 Å². The van der Waals surface area contributed by atoms with E-state index in [1.807, 2.05) is 0 Å². The molecule has 0 radical (unpaired) electrons. The molecule has 0 spiro atoms. The van der Waals surface area contributed by atoms with E-state index in [9.17, 15) is 0 Å². The van der Waals surface area contributed by atoms with Crippen LogP contribution in [0.25, 0.3) is 0 Å². The van der Waals surface area contributed by atoms with E-state index >= 15 is 0 Å². The molecule has 2 heteroatoms. The Morgan fingerprint density at radius 1 is 1.19 bits per heavy atom. The Morgan fingerprint density at radius 2 is 1.75 bits per heavy atom. The Kier molecular flexibility index (Phi) is 5.26. The molecule has 1 aliphatic rings. The van der Waals surface area contributed by atoms with Crippen LogP contribution in [0.3, 0.4) is 0 Å². The van der Waals surface area contributed by atoms with Gasteiger partial charge >= 0.3 is 0 Å². The molecule has 2 N–H and O–H groups in total. The fourth-order valence-corrected chi connectivity index (χ4v) is 2.95. The van der Waals surface area contributed by atoms with Crippen LogP contribution in [0.4, 0.5) is 0 Å². The number of rotatable bonds is 4. The first kappa shape index (κ1) is 14.0. The standard InChI is InChI=1S/C14H30N2/c1-14(2,3)11-16(4)10-13(15)12-8-6-5-7-9-12/h12-13H,5-11,15H2,1-4H3. The normalized spacial score (nSPS) is 21.4. The molecular weight excluding hydrogens is 196 g/mol. The minimum atomic E-state index is 0.376. The van der Waals surface area contributed by atoms with Crippen molar-refractivity contribution in [2.75, 3.05) is 20.1 Å². The maximum atomic E-state index is 6.33. The highest BCUT2D eigenvalue weighted by Gasteiger charge is 2.22. The molecule has 1 atom stereocenters. The van der Waals surface area contributed by atoms with Crippen LogP contribution in [0.1, 0.15) is 52.9 Å². The third kappa shape index (κ3) is 5.31. The molecule has 0 saturated heterocycles. The minimum absolute atomic E-state index is 0.376. The van der Waals surface area contributed by atoms with Gasteiger partial charge in [-0.2, -0.15) is 0 Å². The first-order chi connectivity index (χ1) is 7.38. The van der Waals surface area contributed by atoms with E-state index in [-0.39, 0.29) is 0 Å². The van der Waals surface area contributed by atoms with Crippen molar-refractivity contribution in [3.63, 3.8) is 0 Å². The molecule has 1 aliphatic carbocycles. The highest BCUT2D eigenvalue weighted by atomic mass is 15.1. The fourth-order valence-electron chi connectivity index (χ4n) is 2.95. The van der Waals surface area contributed by atoms with E-state index < -0.39 is 0 Å². The average Bonchev–Trinajstić information content (AvgIpc) is 2.16. The summed E-state index contributed by atoms with van der Waals surface area (Å²) in [5, 5.41) is 0. The van der Waals surface area contributed by atoms with Gasteiger partial charge in [0.05, 0.1) is 0 Å². The van der Waals surface area contributed by atoms with Gasteiger partial charge in [-0.05, 0) is 31.2 Å². The third-order valence-electron chi connectivity index (χ3n) is 3.52. The summed E-state index contributed by atoms with van der Waals surface area (Å²) in [6.45, 7) is 9.05. The summed E-state index contributed by atoms with van der Waals surface area (Å²) in [6.07, 6.45) is 6.90. The van der Waals surface area contributed by atoms with E-state index in [0.29, 0.717) is 11.5 Å². The van der Waals surface area contributed by atoms with Crippen LogP contribution in [-0.2, 0) is 0 Å². The Balaban J connectivity index is 2.29. The second-order valence-corrected chi connectivity index (χ2v) is 6.82. The Labute approximate surface area is 102 Å². The molecule has 0 aromatic heterocycles. The zero-order valence-electron chi connectivity index (χ0n) is 11.6. The van der Waals surface area contributed by atoms with Gasteiger partial charge in [-0.25, -0.2) is 0 Å². The van der Waals surface area contributed by atoms with Crippen molar-refractivity contribution in [3.05, 3.63) is 0 Å². The van der Waals surface area contributed by atoms with E-state index in [2.05, 4.69) is 32.7 Å². The van der Waals surface area contributed by atoms with Crippen LogP contribution in [0.5, 0.6) is 0 Å². The van der Waals surface area contributed by atoms with E-state index in [1.165, 1.54) is 32.1 Å². The Morgan fingerprint density at radius 3 is 2.25 bits per heavy atom. The van der Waals surface area contributed by atoms with Crippen molar-refractivity contribution >= 4 is 0 Å². The lowest BCUT2D eigenvalue weighted by Gasteiger charge is -2.33. The summed E-state index contributed by atoms with van der Waals surface area (Å²) in [7, 11) is 2.20. The summed E-state index contributed by atoms with van der Waals surface area (Å²) in [6, 6.07) is 0.382.